The Hall–Kier alpha value is -2.76. The number of rotatable bonds is 14. The summed E-state index contributed by atoms with van der Waals surface area (Å²) in [6.45, 7) is 0.989. The van der Waals surface area contributed by atoms with Crippen LogP contribution in [0.3, 0.4) is 0 Å². The molecule has 2 amide bonds. The third kappa shape index (κ3) is 8.42. The summed E-state index contributed by atoms with van der Waals surface area (Å²) in [6.07, 6.45) is 3.97. The van der Waals surface area contributed by atoms with Crippen LogP contribution in [0.15, 0.2) is 41.3 Å². The van der Waals surface area contributed by atoms with Gasteiger partial charge in [-0.3, -0.25) is 9.59 Å². The fourth-order valence-electron chi connectivity index (χ4n) is 3.29. The van der Waals surface area contributed by atoms with E-state index in [0.29, 0.717) is 34.3 Å². The lowest BCUT2D eigenvalue weighted by Crippen LogP contribution is -2.43. The molecule has 0 saturated heterocycles. The van der Waals surface area contributed by atoms with E-state index in [2.05, 4.69) is 6.92 Å². The van der Waals surface area contributed by atoms with Crippen molar-refractivity contribution in [3.05, 3.63) is 53.1 Å². The number of carbonyl (C=O) groups excluding carboxylic acids is 2. The van der Waals surface area contributed by atoms with Crippen LogP contribution in [0.1, 0.15) is 39.0 Å². The van der Waals surface area contributed by atoms with E-state index in [0.717, 1.165) is 19.3 Å². The molecule has 0 spiro atoms. The zero-order valence-electron chi connectivity index (χ0n) is 20.2. The molecule has 2 rings (SSSR count). The number of carbonyl (C=O) groups is 2. The highest BCUT2D eigenvalue weighted by Gasteiger charge is 2.29. The lowest BCUT2D eigenvalue weighted by Gasteiger charge is -2.24. The monoisotopic (exact) mass is 545 g/mol. The molecule has 0 aliphatic heterocycles. The fourth-order valence-corrected chi connectivity index (χ4v) is 4.84. The van der Waals surface area contributed by atoms with Gasteiger partial charge in [0, 0.05) is 31.6 Å². The minimum atomic E-state index is -4.54. The van der Waals surface area contributed by atoms with E-state index < -0.39 is 44.8 Å². The van der Waals surface area contributed by atoms with Gasteiger partial charge in [0.2, 0.25) is 21.8 Å². The van der Waals surface area contributed by atoms with Gasteiger partial charge in [-0.2, -0.15) is 4.31 Å². The normalized spacial score (nSPS) is 11.5. The smallest absolute Gasteiger partial charge is 0.243 e. The van der Waals surface area contributed by atoms with E-state index in [4.69, 9.17) is 22.1 Å². The Morgan fingerprint density at radius 3 is 2.19 bits per heavy atom. The molecule has 0 aromatic heterocycles. The zero-order chi connectivity index (χ0) is 26.9. The number of nitrogens with zero attached hydrogens (tertiary/aromatic N) is 2. The number of sulfonamides is 1. The van der Waals surface area contributed by atoms with E-state index >= 15 is 0 Å². The highest BCUT2D eigenvalue weighted by atomic mass is 35.5. The van der Waals surface area contributed by atoms with Crippen molar-refractivity contribution in [3.63, 3.8) is 0 Å². The second-order valence-electron chi connectivity index (χ2n) is 8.20. The van der Waals surface area contributed by atoms with Crippen LogP contribution in [0.4, 0.5) is 8.78 Å². The maximum absolute atomic E-state index is 14.7. The predicted molar refractivity (Wildman–Crippen MR) is 132 cm³/mol. The molecule has 2 aromatic carbocycles. The molecule has 2 aromatic rings. The molecule has 36 heavy (non-hydrogen) atoms. The zero-order valence-corrected chi connectivity index (χ0v) is 21.7. The van der Waals surface area contributed by atoms with Crippen LogP contribution in [0.5, 0.6) is 11.5 Å². The molecular formula is C24H30ClF2N3O5S. The quantitative estimate of drug-likeness (QED) is 0.356. The second-order valence-corrected chi connectivity index (χ2v) is 10.6. The fraction of sp³-hybridized carbons (Fsp3) is 0.417. The Morgan fingerprint density at radius 1 is 1.03 bits per heavy atom. The molecule has 0 radical (unpaired) electrons. The lowest BCUT2D eigenvalue weighted by molar-refractivity contribution is -0.130. The van der Waals surface area contributed by atoms with Crippen LogP contribution < -0.4 is 10.5 Å². The largest absolute Gasteiger partial charge is 0.451 e. The number of unbranched alkanes of at least 4 members (excludes halogenated alkanes) is 3. The number of ether oxygens (including phenoxy) is 1. The number of benzene rings is 2. The Morgan fingerprint density at radius 2 is 1.64 bits per heavy atom. The van der Waals surface area contributed by atoms with Crippen molar-refractivity contribution < 1.29 is 31.5 Å². The number of nitrogens with two attached hydrogens (primary N) is 1. The minimum Gasteiger partial charge on any atom is -0.451 e. The molecule has 0 fully saturated rings. The molecule has 0 saturated carbocycles. The van der Waals surface area contributed by atoms with Gasteiger partial charge in [-0.05, 0) is 42.8 Å². The highest BCUT2D eigenvalue weighted by molar-refractivity contribution is 7.89. The summed E-state index contributed by atoms with van der Waals surface area (Å²) < 4.78 is 61.6. The molecule has 0 heterocycles. The number of hydrogen-bond donors (Lipinski definition) is 1. The molecule has 0 aliphatic rings. The minimum absolute atomic E-state index is 0.0398. The topological polar surface area (TPSA) is 110 Å². The van der Waals surface area contributed by atoms with E-state index in [1.54, 1.807) is 0 Å². The summed E-state index contributed by atoms with van der Waals surface area (Å²) in [4.78, 5) is 24.5. The first-order chi connectivity index (χ1) is 16.9. The lowest BCUT2D eigenvalue weighted by atomic mass is 10.1. The van der Waals surface area contributed by atoms with Gasteiger partial charge in [-0.25, -0.2) is 17.2 Å². The average molecular weight is 546 g/mol. The summed E-state index contributed by atoms with van der Waals surface area (Å²) in [6, 6.07) is 6.89. The van der Waals surface area contributed by atoms with Gasteiger partial charge in [-0.15, -0.1) is 0 Å². The number of halogens is 3. The van der Waals surface area contributed by atoms with Gasteiger partial charge in [0.25, 0.3) is 0 Å². The van der Waals surface area contributed by atoms with E-state index in [-0.39, 0.29) is 24.7 Å². The van der Waals surface area contributed by atoms with E-state index in [1.165, 1.54) is 36.2 Å². The summed E-state index contributed by atoms with van der Waals surface area (Å²) in [5.74, 6) is -4.38. The molecule has 8 nitrogen and oxygen atoms in total. The first-order valence-corrected chi connectivity index (χ1v) is 13.2. The van der Waals surface area contributed by atoms with E-state index in [9.17, 15) is 26.8 Å². The molecule has 12 heteroatoms. The van der Waals surface area contributed by atoms with Gasteiger partial charge in [0.15, 0.2) is 17.4 Å². The third-order valence-corrected chi connectivity index (χ3v) is 7.40. The average Bonchev–Trinajstić information content (AvgIpc) is 2.82. The maximum Gasteiger partial charge on any atom is 0.243 e. The number of amides is 2. The molecular weight excluding hydrogens is 516 g/mol. The summed E-state index contributed by atoms with van der Waals surface area (Å²) >= 11 is 5.78. The van der Waals surface area contributed by atoms with Crippen molar-refractivity contribution in [2.45, 2.75) is 43.9 Å². The van der Waals surface area contributed by atoms with Gasteiger partial charge in [-0.1, -0.05) is 37.8 Å². The van der Waals surface area contributed by atoms with E-state index in [1.807, 2.05) is 0 Å². The standard InChI is InChI=1S/C24H30ClF2N3O5S/c1-3-4-5-6-7-23(32)29(2)12-13-30(16-22(28)31)36(33,34)19-14-20(26)24(21(27)15-19)35-18-10-8-17(25)9-11-18/h8-11,14-15H,3-7,12-13,16H2,1-2H3,(H2,28,31). The summed E-state index contributed by atoms with van der Waals surface area (Å²) in [5.41, 5.74) is 5.21. The Balaban J connectivity index is 2.19. The van der Waals surface area contributed by atoms with Crippen molar-refractivity contribution in [2.75, 3.05) is 26.7 Å². The molecule has 198 valence electrons. The SMILES string of the molecule is CCCCCCC(=O)N(C)CCN(CC(N)=O)S(=O)(=O)c1cc(F)c(Oc2ccc(Cl)cc2)c(F)c1. The van der Waals surface area contributed by atoms with Crippen LogP contribution in [0.2, 0.25) is 5.02 Å². The maximum atomic E-state index is 14.7. The predicted octanol–water partition coefficient (Wildman–Crippen LogP) is 4.32. The van der Waals surface area contributed by atoms with Crippen LogP contribution >= 0.6 is 11.6 Å². The Labute approximate surface area is 215 Å². The molecule has 2 N–H and O–H groups in total. The molecule has 0 unspecified atom stereocenters. The van der Waals surface area contributed by atoms with Crippen molar-refractivity contribution >= 4 is 33.4 Å². The van der Waals surface area contributed by atoms with Crippen molar-refractivity contribution in [1.82, 2.24) is 9.21 Å². The number of likely N-dealkylation sites (N-methyl/N-ethyl adjacent to an activating group) is 1. The Bertz CT molecular complexity index is 1140. The second kappa shape index (κ2) is 13.5. The van der Waals surface area contributed by atoms with Gasteiger partial charge in [0.1, 0.15) is 5.75 Å². The number of hydrogen-bond acceptors (Lipinski definition) is 5. The van der Waals surface area contributed by atoms with Gasteiger partial charge < -0.3 is 15.4 Å². The van der Waals surface area contributed by atoms with Crippen molar-refractivity contribution in [2.24, 2.45) is 5.73 Å². The van der Waals surface area contributed by atoms with Crippen LogP contribution in [0.25, 0.3) is 0 Å². The van der Waals surface area contributed by atoms with Gasteiger partial charge in [0.05, 0.1) is 11.4 Å². The van der Waals surface area contributed by atoms with Gasteiger partial charge >= 0.3 is 0 Å². The first-order valence-electron chi connectivity index (χ1n) is 11.4. The van der Waals surface area contributed by atoms with Crippen molar-refractivity contribution in [3.8, 4) is 11.5 Å². The van der Waals surface area contributed by atoms with Crippen LogP contribution in [0, 0.1) is 11.6 Å². The van der Waals surface area contributed by atoms with Crippen LogP contribution in [-0.4, -0.2) is 56.1 Å². The Kier molecular flexibility index (Phi) is 11.1. The van der Waals surface area contributed by atoms with Crippen molar-refractivity contribution in [1.29, 1.82) is 0 Å². The molecule has 0 bridgehead atoms. The first kappa shape index (κ1) is 29.5. The summed E-state index contributed by atoms with van der Waals surface area (Å²) in [5, 5.41) is 0.392. The number of primary amides is 1. The highest BCUT2D eigenvalue weighted by Crippen LogP contribution is 2.31. The summed E-state index contributed by atoms with van der Waals surface area (Å²) in [7, 11) is -3.03. The third-order valence-electron chi connectivity index (χ3n) is 5.33. The van der Waals surface area contributed by atoms with Crippen LogP contribution in [-0.2, 0) is 19.6 Å². The molecule has 0 atom stereocenters. The molecule has 0 aliphatic carbocycles.